The number of aromatic nitrogens is 2. The third-order valence-corrected chi connectivity index (χ3v) is 6.16. The van der Waals surface area contributed by atoms with E-state index < -0.39 is 0 Å². The Kier molecular flexibility index (Phi) is 5.57. The van der Waals surface area contributed by atoms with Crippen LogP contribution in [0.15, 0.2) is 4.79 Å². The Morgan fingerprint density at radius 3 is 3.04 bits per heavy atom. The first-order chi connectivity index (χ1) is 11.6. The van der Waals surface area contributed by atoms with Crippen molar-refractivity contribution in [2.24, 2.45) is 0 Å². The molecule has 0 aliphatic heterocycles. The van der Waals surface area contributed by atoms with Crippen LogP contribution in [0, 0.1) is 0 Å². The average molecular weight is 367 g/mol. The lowest BCUT2D eigenvalue weighted by Crippen LogP contribution is -2.36. The summed E-state index contributed by atoms with van der Waals surface area (Å²) in [5, 5.41) is 12.4. The van der Waals surface area contributed by atoms with Crippen molar-refractivity contribution in [2.75, 3.05) is 12.4 Å². The molecule has 1 aliphatic carbocycles. The average Bonchev–Trinajstić information content (AvgIpc) is 2.93. The number of carbonyl (C=O) groups is 1. The lowest BCUT2D eigenvalue weighted by Gasteiger charge is -2.10. The number of H-pyrrole nitrogens is 1. The summed E-state index contributed by atoms with van der Waals surface area (Å²) in [6, 6.07) is -0.246. The van der Waals surface area contributed by atoms with Crippen molar-refractivity contribution in [2.45, 2.75) is 44.4 Å². The van der Waals surface area contributed by atoms with E-state index in [0.29, 0.717) is 11.6 Å². The third kappa shape index (κ3) is 3.81. The minimum Gasteiger partial charge on any atom is -0.394 e. The highest BCUT2D eigenvalue weighted by molar-refractivity contribution is 7.99. The summed E-state index contributed by atoms with van der Waals surface area (Å²) in [5.41, 5.74) is 1.12. The molecule has 3 rings (SSSR count). The molecule has 8 heteroatoms. The van der Waals surface area contributed by atoms with Gasteiger partial charge in [-0.25, -0.2) is 4.98 Å². The van der Waals surface area contributed by atoms with Crippen LogP contribution in [0.1, 0.15) is 36.0 Å². The van der Waals surface area contributed by atoms with Crippen molar-refractivity contribution in [1.82, 2.24) is 15.3 Å². The monoisotopic (exact) mass is 367 g/mol. The molecular formula is C16H21N3O3S2. The SMILES string of the molecule is CC(CO)NC(=O)CSCc1nc2sc3c(c2c(=O)[nH]1)CCCC3. The van der Waals surface area contributed by atoms with Crippen LogP contribution in [-0.2, 0) is 23.4 Å². The van der Waals surface area contributed by atoms with Crippen molar-refractivity contribution in [3.8, 4) is 0 Å². The predicted octanol–water partition coefficient (Wildman–Crippen LogP) is 1.59. The smallest absolute Gasteiger partial charge is 0.259 e. The van der Waals surface area contributed by atoms with Crippen LogP contribution in [0.25, 0.3) is 10.2 Å². The molecule has 0 saturated heterocycles. The quantitative estimate of drug-likeness (QED) is 0.721. The Morgan fingerprint density at radius 2 is 2.25 bits per heavy atom. The summed E-state index contributed by atoms with van der Waals surface area (Å²) in [6.07, 6.45) is 4.33. The molecule has 1 unspecified atom stereocenters. The van der Waals surface area contributed by atoms with E-state index in [4.69, 9.17) is 5.11 Å². The van der Waals surface area contributed by atoms with Gasteiger partial charge in [-0.3, -0.25) is 9.59 Å². The number of amides is 1. The van der Waals surface area contributed by atoms with Gasteiger partial charge in [0.1, 0.15) is 10.7 Å². The zero-order valence-corrected chi connectivity index (χ0v) is 15.2. The molecule has 1 atom stereocenters. The van der Waals surface area contributed by atoms with E-state index in [0.717, 1.165) is 29.5 Å². The Morgan fingerprint density at radius 1 is 1.46 bits per heavy atom. The van der Waals surface area contributed by atoms with Crippen molar-refractivity contribution >= 4 is 39.2 Å². The maximum Gasteiger partial charge on any atom is 0.259 e. The van der Waals surface area contributed by atoms with Gasteiger partial charge < -0.3 is 15.4 Å². The molecular weight excluding hydrogens is 346 g/mol. The first kappa shape index (κ1) is 17.4. The molecule has 0 fully saturated rings. The van der Waals surface area contributed by atoms with Gasteiger partial charge in [0.25, 0.3) is 5.56 Å². The zero-order chi connectivity index (χ0) is 17.1. The third-order valence-electron chi connectivity index (χ3n) is 4.03. The van der Waals surface area contributed by atoms with E-state index in [2.05, 4.69) is 15.3 Å². The minimum atomic E-state index is -0.246. The molecule has 1 amide bonds. The van der Waals surface area contributed by atoms with Crippen LogP contribution >= 0.6 is 23.1 Å². The number of hydrogen-bond acceptors (Lipinski definition) is 6. The molecule has 2 aromatic heterocycles. The summed E-state index contributed by atoms with van der Waals surface area (Å²) in [7, 11) is 0. The van der Waals surface area contributed by atoms with E-state index >= 15 is 0 Å². The number of rotatable bonds is 6. The van der Waals surface area contributed by atoms with Crippen LogP contribution in [0.2, 0.25) is 0 Å². The van der Waals surface area contributed by atoms with E-state index in [1.54, 1.807) is 18.3 Å². The van der Waals surface area contributed by atoms with E-state index in [1.165, 1.54) is 28.6 Å². The Balaban J connectivity index is 1.68. The highest BCUT2D eigenvalue weighted by Crippen LogP contribution is 2.33. The van der Waals surface area contributed by atoms with Crippen LogP contribution < -0.4 is 10.9 Å². The van der Waals surface area contributed by atoms with Gasteiger partial charge in [-0.1, -0.05) is 0 Å². The van der Waals surface area contributed by atoms with Gasteiger partial charge in [-0.05, 0) is 38.2 Å². The Labute approximate surface area is 148 Å². The van der Waals surface area contributed by atoms with Crippen LogP contribution in [0.3, 0.4) is 0 Å². The zero-order valence-electron chi connectivity index (χ0n) is 13.6. The van der Waals surface area contributed by atoms with Crippen LogP contribution in [-0.4, -0.2) is 39.4 Å². The van der Waals surface area contributed by atoms with Gasteiger partial charge in [0, 0.05) is 10.9 Å². The molecule has 0 radical (unpaired) electrons. The number of aromatic amines is 1. The first-order valence-corrected chi connectivity index (χ1v) is 10.1. The Bertz CT molecular complexity index is 800. The number of nitrogens with zero attached hydrogens (tertiary/aromatic N) is 1. The van der Waals surface area contributed by atoms with Crippen molar-refractivity contribution in [3.05, 3.63) is 26.6 Å². The van der Waals surface area contributed by atoms with Crippen molar-refractivity contribution in [3.63, 3.8) is 0 Å². The number of thioether (sulfide) groups is 1. The second kappa shape index (κ2) is 7.67. The number of nitrogens with one attached hydrogen (secondary N) is 2. The first-order valence-electron chi connectivity index (χ1n) is 8.10. The van der Waals surface area contributed by atoms with Crippen LogP contribution in [0.4, 0.5) is 0 Å². The molecule has 6 nitrogen and oxygen atoms in total. The maximum atomic E-state index is 12.4. The molecule has 130 valence electrons. The van der Waals surface area contributed by atoms with E-state index in [9.17, 15) is 9.59 Å². The number of carbonyl (C=O) groups excluding carboxylic acids is 1. The second-order valence-electron chi connectivity index (χ2n) is 6.05. The van der Waals surface area contributed by atoms with Crippen molar-refractivity contribution < 1.29 is 9.90 Å². The summed E-state index contributed by atoms with van der Waals surface area (Å²) < 4.78 is 0. The maximum absolute atomic E-state index is 12.4. The summed E-state index contributed by atoms with van der Waals surface area (Å²) in [5.74, 6) is 1.23. The fraction of sp³-hybridized carbons (Fsp3) is 0.562. The van der Waals surface area contributed by atoms with Gasteiger partial charge >= 0.3 is 0 Å². The lowest BCUT2D eigenvalue weighted by molar-refractivity contribution is -0.119. The lowest BCUT2D eigenvalue weighted by atomic mass is 9.97. The van der Waals surface area contributed by atoms with Gasteiger partial charge in [0.05, 0.1) is 23.5 Å². The number of thiophene rings is 1. The number of fused-ring (bicyclic) bond motifs is 3. The number of aliphatic hydroxyl groups is 1. The fourth-order valence-electron chi connectivity index (χ4n) is 2.88. The molecule has 24 heavy (non-hydrogen) atoms. The normalized spacial score (nSPS) is 15.2. The highest BCUT2D eigenvalue weighted by atomic mass is 32.2. The summed E-state index contributed by atoms with van der Waals surface area (Å²) >= 11 is 3.03. The van der Waals surface area contributed by atoms with Gasteiger partial charge in [0.2, 0.25) is 5.91 Å². The number of hydrogen-bond donors (Lipinski definition) is 3. The molecule has 2 heterocycles. The fourth-order valence-corrected chi connectivity index (χ4v) is 4.86. The van der Waals surface area contributed by atoms with E-state index in [-0.39, 0.29) is 29.9 Å². The summed E-state index contributed by atoms with van der Waals surface area (Å²) in [6.45, 7) is 1.67. The predicted molar refractivity (Wildman–Crippen MR) is 97.7 cm³/mol. The largest absolute Gasteiger partial charge is 0.394 e. The molecule has 0 spiro atoms. The highest BCUT2D eigenvalue weighted by Gasteiger charge is 2.19. The van der Waals surface area contributed by atoms with Gasteiger partial charge in [0.15, 0.2) is 0 Å². The molecule has 3 N–H and O–H groups in total. The molecule has 0 aromatic carbocycles. The standard InChI is InChI=1S/C16H21N3O3S2/c1-9(6-20)17-13(21)8-23-7-12-18-15(22)14-10-4-2-3-5-11(10)24-16(14)19-12/h9,20H,2-8H2,1H3,(H,17,21)(H,18,19,22). The summed E-state index contributed by atoms with van der Waals surface area (Å²) in [4.78, 5) is 33.7. The molecule has 0 bridgehead atoms. The topological polar surface area (TPSA) is 95.1 Å². The Hall–Kier alpha value is -1.38. The van der Waals surface area contributed by atoms with Gasteiger partial charge in [-0.2, -0.15) is 0 Å². The second-order valence-corrected chi connectivity index (χ2v) is 8.12. The molecule has 0 saturated carbocycles. The number of aliphatic hydroxyl groups excluding tert-OH is 1. The molecule has 1 aliphatic rings. The number of aryl methyl sites for hydroxylation is 2. The minimum absolute atomic E-state index is 0.0617. The van der Waals surface area contributed by atoms with Gasteiger partial charge in [-0.15, -0.1) is 23.1 Å². The van der Waals surface area contributed by atoms with Crippen molar-refractivity contribution in [1.29, 1.82) is 0 Å². The van der Waals surface area contributed by atoms with Crippen LogP contribution in [0.5, 0.6) is 0 Å². The molecule has 2 aromatic rings. The van der Waals surface area contributed by atoms with E-state index in [1.807, 2.05) is 0 Å².